The summed E-state index contributed by atoms with van der Waals surface area (Å²) in [7, 11) is 0. The third kappa shape index (κ3) is 7.99. The molecule has 8 N–H and O–H groups in total. The number of nitrogens with two attached hydrogens (primary N) is 2. The molecular formula is C18H31N5O7S. The number of aliphatic hydroxyl groups excluding tert-OH is 1. The lowest BCUT2D eigenvalue weighted by Crippen LogP contribution is -2.58. The van der Waals surface area contributed by atoms with Crippen molar-refractivity contribution in [3.8, 4) is 0 Å². The second kappa shape index (κ2) is 12.5. The highest BCUT2D eigenvalue weighted by molar-refractivity contribution is 7.98. The molecule has 31 heavy (non-hydrogen) atoms. The molecule has 0 saturated carbocycles. The van der Waals surface area contributed by atoms with Crippen molar-refractivity contribution in [1.82, 2.24) is 15.5 Å². The topological polar surface area (TPSA) is 205 Å². The number of aliphatic carboxylic acids is 1. The summed E-state index contributed by atoms with van der Waals surface area (Å²) in [5.74, 6) is -3.67. The van der Waals surface area contributed by atoms with Crippen LogP contribution in [0.4, 0.5) is 0 Å². The van der Waals surface area contributed by atoms with Gasteiger partial charge >= 0.3 is 5.97 Å². The Bertz CT molecular complexity index is 690. The predicted molar refractivity (Wildman–Crippen MR) is 113 cm³/mol. The number of carboxylic acid groups (broad SMARTS) is 1. The molecule has 1 rings (SSSR count). The normalized spacial score (nSPS) is 19.7. The maximum Gasteiger partial charge on any atom is 0.328 e. The zero-order chi connectivity index (χ0) is 23.7. The van der Waals surface area contributed by atoms with Gasteiger partial charge in [0.15, 0.2) is 6.04 Å². The van der Waals surface area contributed by atoms with Crippen LogP contribution in [0.2, 0.25) is 0 Å². The maximum absolute atomic E-state index is 13.0. The van der Waals surface area contributed by atoms with Gasteiger partial charge in [-0.25, -0.2) is 4.79 Å². The Morgan fingerprint density at radius 1 is 1.23 bits per heavy atom. The average Bonchev–Trinajstić information content (AvgIpc) is 3.17. The standard InChI is InChI=1S/C18H31N5O7S/c1-9(24)14(18(29)30)22-16(27)12-4-3-6-23(12)17(28)11(8-13(20)25)21-15(26)10(19)5-7-31-2/h9-12,14,24H,3-8,19H2,1-2H3,(H2,20,25)(H,21,26)(H,22,27)(H,29,30). The van der Waals surface area contributed by atoms with E-state index in [-0.39, 0.29) is 13.0 Å². The lowest BCUT2D eigenvalue weighted by Gasteiger charge is -2.29. The van der Waals surface area contributed by atoms with Gasteiger partial charge in [-0.15, -0.1) is 0 Å². The van der Waals surface area contributed by atoms with Crippen molar-refractivity contribution in [3.63, 3.8) is 0 Å². The molecule has 4 amide bonds. The van der Waals surface area contributed by atoms with Crippen molar-refractivity contribution < 1.29 is 34.2 Å². The monoisotopic (exact) mass is 461 g/mol. The molecule has 0 aromatic heterocycles. The number of nitrogens with one attached hydrogen (secondary N) is 2. The van der Waals surface area contributed by atoms with Crippen LogP contribution in [-0.4, -0.2) is 93.5 Å². The summed E-state index contributed by atoms with van der Waals surface area (Å²) < 4.78 is 0. The van der Waals surface area contributed by atoms with Gasteiger partial charge in [0.1, 0.15) is 12.1 Å². The molecule has 1 aliphatic rings. The van der Waals surface area contributed by atoms with Crippen LogP contribution in [0.15, 0.2) is 0 Å². The first-order chi connectivity index (χ1) is 14.5. The van der Waals surface area contributed by atoms with Crippen LogP contribution in [0, 0.1) is 0 Å². The number of primary amides is 1. The number of amides is 4. The number of hydrogen-bond donors (Lipinski definition) is 6. The van der Waals surface area contributed by atoms with Crippen LogP contribution < -0.4 is 22.1 Å². The van der Waals surface area contributed by atoms with Crippen molar-refractivity contribution in [1.29, 1.82) is 0 Å². The second-order valence-corrected chi connectivity index (χ2v) is 8.36. The molecule has 0 aliphatic carbocycles. The number of aliphatic hydroxyl groups is 1. The molecule has 0 bridgehead atoms. The van der Waals surface area contributed by atoms with Crippen molar-refractivity contribution in [3.05, 3.63) is 0 Å². The Hall–Kier alpha value is -2.38. The van der Waals surface area contributed by atoms with E-state index in [1.54, 1.807) is 0 Å². The summed E-state index contributed by atoms with van der Waals surface area (Å²) in [6.07, 6.45) is 1.12. The summed E-state index contributed by atoms with van der Waals surface area (Å²) in [4.78, 5) is 61.8. The molecule has 13 heteroatoms. The summed E-state index contributed by atoms with van der Waals surface area (Å²) in [5.41, 5.74) is 11.0. The van der Waals surface area contributed by atoms with E-state index in [4.69, 9.17) is 16.6 Å². The Morgan fingerprint density at radius 2 is 1.87 bits per heavy atom. The molecule has 5 unspecified atom stereocenters. The lowest BCUT2D eigenvalue weighted by atomic mass is 10.1. The Balaban J connectivity index is 2.94. The molecular weight excluding hydrogens is 430 g/mol. The number of thioether (sulfide) groups is 1. The Labute approximate surface area is 184 Å². The fourth-order valence-corrected chi connectivity index (χ4v) is 3.69. The van der Waals surface area contributed by atoms with Crippen molar-refractivity contribution in [2.75, 3.05) is 18.6 Å². The van der Waals surface area contributed by atoms with Crippen LogP contribution >= 0.6 is 11.8 Å². The summed E-state index contributed by atoms with van der Waals surface area (Å²) >= 11 is 1.50. The molecule has 0 aromatic carbocycles. The Morgan fingerprint density at radius 3 is 2.39 bits per heavy atom. The van der Waals surface area contributed by atoms with Crippen LogP contribution in [0.1, 0.15) is 32.6 Å². The number of carbonyl (C=O) groups excluding carboxylic acids is 4. The number of nitrogens with zero attached hydrogens (tertiary/aromatic N) is 1. The van der Waals surface area contributed by atoms with Gasteiger partial charge in [0, 0.05) is 6.54 Å². The van der Waals surface area contributed by atoms with Crippen LogP contribution in [0.3, 0.4) is 0 Å². The minimum absolute atomic E-state index is 0.174. The Kier molecular flexibility index (Phi) is 10.7. The maximum atomic E-state index is 13.0. The van der Waals surface area contributed by atoms with E-state index in [1.807, 2.05) is 6.26 Å². The van der Waals surface area contributed by atoms with Gasteiger partial charge in [0.2, 0.25) is 23.6 Å². The van der Waals surface area contributed by atoms with Crippen molar-refractivity contribution in [2.24, 2.45) is 11.5 Å². The molecule has 0 spiro atoms. The van der Waals surface area contributed by atoms with E-state index in [0.29, 0.717) is 18.6 Å². The van der Waals surface area contributed by atoms with E-state index in [2.05, 4.69) is 10.6 Å². The van der Waals surface area contributed by atoms with E-state index in [1.165, 1.54) is 23.6 Å². The smallest absolute Gasteiger partial charge is 0.328 e. The van der Waals surface area contributed by atoms with Gasteiger partial charge < -0.3 is 37.2 Å². The largest absolute Gasteiger partial charge is 0.480 e. The highest BCUT2D eigenvalue weighted by Gasteiger charge is 2.40. The average molecular weight is 462 g/mol. The van der Waals surface area contributed by atoms with E-state index >= 15 is 0 Å². The summed E-state index contributed by atoms with van der Waals surface area (Å²) in [6, 6.07) is -4.73. The van der Waals surface area contributed by atoms with Crippen LogP contribution in [-0.2, 0) is 24.0 Å². The van der Waals surface area contributed by atoms with Crippen molar-refractivity contribution in [2.45, 2.75) is 62.9 Å². The fraction of sp³-hybridized carbons (Fsp3) is 0.722. The van der Waals surface area contributed by atoms with E-state index < -0.39 is 66.3 Å². The predicted octanol–water partition coefficient (Wildman–Crippen LogP) is -2.63. The molecule has 5 atom stereocenters. The molecule has 12 nitrogen and oxygen atoms in total. The third-order valence-corrected chi connectivity index (χ3v) is 5.52. The van der Waals surface area contributed by atoms with Gasteiger partial charge in [-0.2, -0.15) is 11.8 Å². The number of likely N-dealkylation sites (tertiary alicyclic amines) is 1. The summed E-state index contributed by atoms with van der Waals surface area (Å²) in [6.45, 7) is 1.39. The van der Waals surface area contributed by atoms with E-state index in [0.717, 1.165) is 0 Å². The molecule has 0 aromatic rings. The number of carboxylic acids is 1. The minimum atomic E-state index is -1.54. The van der Waals surface area contributed by atoms with Crippen LogP contribution in [0.25, 0.3) is 0 Å². The second-order valence-electron chi connectivity index (χ2n) is 7.37. The van der Waals surface area contributed by atoms with Gasteiger partial charge in [-0.3, -0.25) is 19.2 Å². The number of hydrogen-bond acceptors (Lipinski definition) is 8. The zero-order valence-corrected chi connectivity index (χ0v) is 18.4. The quantitative estimate of drug-likeness (QED) is 0.179. The highest BCUT2D eigenvalue weighted by Crippen LogP contribution is 2.20. The molecule has 1 fully saturated rings. The highest BCUT2D eigenvalue weighted by atomic mass is 32.2. The van der Waals surface area contributed by atoms with Gasteiger partial charge in [0.05, 0.1) is 18.6 Å². The minimum Gasteiger partial charge on any atom is -0.480 e. The lowest BCUT2D eigenvalue weighted by molar-refractivity contribution is -0.147. The van der Waals surface area contributed by atoms with Gasteiger partial charge in [-0.1, -0.05) is 0 Å². The van der Waals surface area contributed by atoms with Crippen molar-refractivity contribution >= 4 is 41.4 Å². The van der Waals surface area contributed by atoms with Gasteiger partial charge in [0.25, 0.3) is 0 Å². The van der Waals surface area contributed by atoms with E-state index in [9.17, 15) is 29.1 Å². The zero-order valence-electron chi connectivity index (χ0n) is 17.6. The SMILES string of the molecule is CSCCC(N)C(=O)NC(CC(N)=O)C(=O)N1CCCC1C(=O)NC(C(=O)O)C(C)O. The summed E-state index contributed by atoms with van der Waals surface area (Å²) in [5, 5.41) is 23.4. The third-order valence-electron chi connectivity index (χ3n) is 4.87. The first-order valence-corrected chi connectivity index (χ1v) is 11.2. The first kappa shape index (κ1) is 26.7. The fourth-order valence-electron chi connectivity index (χ4n) is 3.20. The number of rotatable bonds is 12. The van der Waals surface area contributed by atoms with Gasteiger partial charge in [-0.05, 0) is 38.2 Å². The molecule has 176 valence electrons. The molecule has 1 aliphatic heterocycles. The molecule has 1 saturated heterocycles. The van der Waals surface area contributed by atoms with Crippen LogP contribution in [0.5, 0.6) is 0 Å². The first-order valence-electron chi connectivity index (χ1n) is 9.84. The molecule has 1 heterocycles. The number of carbonyl (C=O) groups is 5. The molecule has 0 radical (unpaired) electrons.